The molecule has 0 radical (unpaired) electrons. The molecule has 0 aromatic rings. The van der Waals surface area contributed by atoms with Gasteiger partial charge in [-0.05, 0) is 26.2 Å². The Hall–Kier alpha value is -0.780. The summed E-state index contributed by atoms with van der Waals surface area (Å²) in [5, 5.41) is 0. The fraction of sp³-hybridized carbons (Fsp3) is 0.400. The Morgan fingerprint density at radius 3 is 2.50 bits per heavy atom. The smallest absolute Gasteiger partial charge is 0.0342 e. The van der Waals surface area contributed by atoms with Gasteiger partial charge in [0.15, 0.2) is 0 Å². The number of unbranched alkanes of at least 4 members (excludes halogenated alkanes) is 2. The molecule has 0 spiro atoms. The molecule has 0 aliphatic rings. The maximum atomic E-state index is 3.67. The highest BCUT2D eigenvalue weighted by Gasteiger charge is 1.81. The molecule has 0 saturated heterocycles. The first-order valence-corrected chi connectivity index (χ1v) is 3.71. The van der Waals surface area contributed by atoms with Crippen molar-refractivity contribution in [2.45, 2.75) is 26.2 Å². The molecular formula is C10H16. The van der Waals surface area contributed by atoms with Crippen molar-refractivity contribution in [3.8, 4) is 0 Å². The van der Waals surface area contributed by atoms with Gasteiger partial charge in [-0.3, -0.25) is 0 Å². The van der Waals surface area contributed by atoms with Crippen LogP contribution >= 0.6 is 0 Å². The van der Waals surface area contributed by atoms with E-state index >= 15 is 0 Å². The van der Waals surface area contributed by atoms with Gasteiger partial charge in [0.1, 0.15) is 0 Å². The van der Waals surface area contributed by atoms with Crippen LogP contribution in [0, 0.1) is 0 Å². The summed E-state index contributed by atoms with van der Waals surface area (Å²) in [5.41, 5.74) is 1.27. The van der Waals surface area contributed by atoms with Gasteiger partial charge in [-0.2, -0.15) is 0 Å². The molecule has 0 aromatic heterocycles. The van der Waals surface area contributed by atoms with Crippen LogP contribution in [-0.4, -0.2) is 0 Å². The Bertz CT molecular complexity index is 129. The summed E-state index contributed by atoms with van der Waals surface area (Å²) < 4.78 is 0. The molecule has 0 N–H and O–H groups in total. The van der Waals surface area contributed by atoms with Crippen molar-refractivity contribution in [3.05, 3.63) is 37.0 Å². The van der Waals surface area contributed by atoms with Crippen molar-refractivity contribution in [2.24, 2.45) is 0 Å². The first-order valence-electron chi connectivity index (χ1n) is 3.71. The molecule has 10 heavy (non-hydrogen) atoms. The van der Waals surface area contributed by atoms with Crippen LogP contribution in [0.25, 0.3) is 0 Å². The van der Waals surface area contributed by atoms with E-state index < -0.39 is 0 Å². The highest BCUT2D eigenvalue weighted by atomic mass is 13.9. The normalized spacial score (nSPS) is 11.1. The molecule has 56 valence electrons. The summed E-state index contributed by atoms with van der Waals surface area (Å²) in [6.07, 6.45) is 9.50. The quantitative estimate of drug-likeness (QED) is 0.308. The Morgan fingerprint density at radius 1 is 1.30 bits per heavy atom. The summed E-state index contributed by atoms with van der Waals surface area (Å²) in [7, 11) is 0. The van der Waals surface area contributed by atoms with Crippen LogP contribution < -0.4 is 0 Å². The zero-order chi connectivity index (χ0) is 7.82. The predicted octanol–water partition coefficient (Wildman–Crippen LogP) is 3.48. The van der Waals surface area contributed by atoms with Crippen LogP contribution in [0.3, 0.4) is 0 Å². The topological polar surface area (TPSA) is 0 Å². The average molecular weight is 136 g/mol. The number of hydrogen-bond acceptors (Lipinski definition) is 0. The molecular weight excluding hydrogens is 120 g/mol. The maximum absolute atomic E-state index is 3.67. The van der Waals surface area contributed by atoms with E-state index in [4.69, 9.17) is 0 Å². The van der Waals surface area contributed by atoms with Crippen molar-refractivity contribution >= 4 is 0 Å². The molecule has 0 saturated carbocycles. The van der Waals surface area contributed by atoms with E-state index in [9.17, 15) is 0 Å². The Kier molecular flexibility index (Phi) is 5.85. The Labute approximate surface area is 64.0 Å². The van der Waals surface area contributed by atoms with Crippen LogP contribution in [0.1, 0.15) is 26.2 Å². The molecule has 0 heteroatoms. The molecule has 0 bridgehead atoms. The van der Waals surface area contributed by atoms with Crippen molar-refractivity contribution in [2.75, 3.05) is 0 Å². The van der Waals surface area contributed by atoms with Gasteiger partial charge in [-0.25, -0.2) is 0 Å². The monoisotopic (exact) mass is 136 g/mol. The molecule has 0 heterocycles. The minimum absolute atomic E-state index is 1.11. The van der Waals surface area contributed by atoms with E-state index in [0.29, 0.717) is 0 Å². The SMILES string of the molecule is C=CCCCC=C(C)C=C. The third kappa shape index (κ3) is 5.36. The van der Waals surface area contributed by atoms with Crippen molar-refractivity contribution in [1.82, 2.24) is 0 Å². The first-order chi connectivity index (χ1) is 4.81. The summed E-state index contributed by atoms with van der Waals surface area (Å²) >= 11 is 0. The second-order valence-corrected chi connectivity index (χ2v) is 2.37. The highest BCUT2D eigenvalue weighted by molar-refractivity contribution is 5.12. The van der Waals surface area contributed by atoms with Crippen LogP contribution in [0.15, 0.2) is 37.0 Å². The van der Waals surface area contributed by atoms with Crippen LogP contribution in [0.4, 0.5) is 0 Å². The molecule has 0 aromatic carbocycles. The van der Waals surface area contributed by atoms with Gasteiger partial charge < -0.3 is 0 Å². The second kappa shape index (κ2) is 6.34. The molecule has 0 atom stereocenters. The lowest BCUT2D eigenvalue weighted by Gasteiger charge is -1.91. The maximum Gasteiger partial charge on any atom is -0.0342 e. The number of hydrogen-bond donors (Lipinski definition) is 0. The van der Waals surface area contributed by atoms with E-state index in [-0.39, 0.29) is 0 Å². The Morgan fingerprint density at radius 2 is 2.00 bits per heavy atom. The second-order valence-electron chi connectivity index (χ2n) is 2.37. The van der Waals surface area contributed by atoms with Gasteiger partial charge in [0.05, 0.1) is 0 Å². The molecule has 0 unspecified atom stereocenters. The molecule has 0 nitrogen and oxygen atoms in total. The van der Waals surface area contributed by atoms with Crippen LogP contribution in [0.2, 0.25) is 0 Å². The van der Waals surface area contributed by atoms with Gasteiger partial charge in [-0.1, -0.05) is 30.4 Å². The lowest BCUT2D eigenvalue weighted by molar-refractivity contribution is 0.866. The van der Waals surface area contributed by atoms with Gasteiger partial charge in [-0.15, -0.1) is 6.58 Å². The highest BCUT2D eigenvalue weighted by Crippen LogP contribution is 2.01. The molecule has 0 aliphatic carbocycles. The largest absolute Gasteiger partial charge is 0.103 e. The summed E-state index contributed by atoms with van der Waals surface area (Å²) in [6.45, 7) is 9.40. The fourth-order valence-corrected chi connectivity index (χ4v) is 0.675. The zero-order valence-electron chi connectivity index (χ0n) is 6.77. The summed E-state index contributed by atoms with van der Waals surface area (Å²) in [4.78, 5) is 0. The predicted molar refractivity (Wildman–Crippen MR) is 48.0 cm³/mol. The third-order valence-electron chi connectivity index (χ3n) is 1.40. The standard InChI is InChI=1S/C10H16/c1-4-6-7-8-9-10(3)5-2/h4-5,9H,1-2,6-8H2,3H3. The number of allylic oxidation sites excluding steroid dienone is 4. The first kappa shape index (κ1) is 9.22. The van der Waals surface area contributed by atoms with E-state index in [0.717, 1.165) is 12.8 Å². The minimum Gasteiger partial charge on any atom is -0.103 e. The van der Waals surface area contributed by atoms with Gasteiger partial charge in [0.2, 0.25) is 0 Å². The summed E-state index contributed by atoms with van der Waals surface area (Å²) in [5.74, 6) is 0. The van der Waals surface area contributed by atoms with Crippen molar-refractivity contribution < 1.29 is 0 Å². The lowest BCUT2D eigenvalue weighted by atomic mass is 10.2. The molecule has 0 rings (SSSR count). The van der Waals surface area contributed by atoms with E-state index in [1.165, 1.54) is 12.0 Å². The average Bonchev–Trinajstić information content (AvgIpc) is 1.98. The lowest BCUT2D eigenvalue weighted by Crippen LogP contribution is -1.70. The van der Waals surface area contributed by atoms with E-state index in [1.807, 2.05) is 12.2 Å². The number of rotatable bonds is 5. The van der Waals surface area contributed by atoms with E-state index in [1.54, 1.807) is 0 Å². The van der Waals surface area contributed by atoms with Crippen molar-refractivity contribution in [1.29, 1.82) is 0 Å². The minimum atomic E-state index is 1.11. The molecule has 0 amide bonds. The van der Waals surface area contributed by atoms with Gasteiger partial charge in [0.25, 0.3) is 0 Å². The fourth-order valence-electron chi connectivity index (χ4n) is 0.675. The van der Waals surface area contributed by atoms with Gasteiger partial charge in [0, 0.05) is 0 Å². The van der Waals surface area contributed by atoms with E-state index in [2.05, 4.69) is 26.2 Å². The van der Waals surface area contributed by atoms with Crippen LogP contribution in [0.5, 0.6) is 0 Å². The zero-order valence-corrected chi connectivity index (χ0v) is 6.77. The Balaban J connectivity index is 3.33. The third-order valence-corrected chi connectivity index (χ3v) is 1.40. The van der Waals surface area contributed by atoms with Crippen LogP contribution in [-0.2, 0) is 0 Å². The summed E-state index contributed by atoms with van der Waals surface area (Å²) in [6, 6.07) is 0. The van der Waals surface area contributed by atoms with Crippen molar-refractivity contribution in [3.63, 3.8) is 0 Å². The van der Waals surface area contributed by atoms with Gasteiger partial charge >= 0.3 is 0 Å². The molecule has 0 aliphatic heterocycles. The molecule has 0 fully saturated rings.